The number of carbonyl (C=O) groups is 2. The molecule has 0 spiro atoms. The molecule has 0 bridgehead atoms. The minimum atomic E-state index is -1.16. The van der Waals surface area contributed by atoms with E-state index in [1.54, 1.807) is 38.1 Å². The van der Waals surface area contributed by atoms with E-state index in [2.05, 4.69) is 15.6 Å². The van der Waals surface area contributed by atoms with Crippen LogP contribution in [0.25, 0.3) is 10.9 Å². The van der Waals surface area contributed by atoms with Gasteiger partial charge >= 0.3 is 5.97 Å². The second kappa shape index (κ2) is 6.33. The van der Waals surface area contributed by atoms with Gasteiger partial charge in [0.2, 0.25) is 5.91 Å². The van der Waals surface area contributed by atoms with Gasteiger partial charge in [-0.25, -0.2) is 0 Å². The molecular weight excluding hydrogens is 288 g/mol. The second-order valence-corrected chi connectivity index (χ2v) is 5.16. The van der Waals surface area contributed by atoms with E-state index in [0.717, 1.165) is 4.68 Å². The van der Waals surface area contributed by atoms with Gasteiger partial charge in [-0.15, -0.1) is 5.10 Å². The van der Waals surface area contributed by atoms with Crippen LogP contribution in [0.5, 0.6) is 0 Å². The fourth-order valence-corrected chi connectivity index (χ4v) is 2.15. The molecular formula is C14H16N4O4. The van der Waals surface area contributed by atoms with E-state index in [1.165, 1.54) is 0 Å². The van der Waals surface area contributed by atoms with E-state index >= 15 is 0 Å². The summed E-state index contributed by atoms with van der Waals surface area (Å²) in [7, 11) is 0. The minimum absolute atomic E-state index is 0.262. The van der Waals surface area contributed by atoms with Crippen LogP contribution in [0.1, 0.15) is 19.9 Å². The van der Waals surface area contributed by atoms with Crippen molar-refractivity contribution in [1.29, 1.82) is 0 Å². The summed E-state index contributed by atoms with van der Waals surface area (Å²) in [5, 5.41) is 19.0. The lowest BCUT2D eigenvalue weighted by Crippen LogP contribution is -2.43. The lowest BCUT2D eigenvalue weighted by Gasteiger charge is -2.20. The van der Waals surface area contributed by atoms with Gasteiger partial charge in [0.1, 0.15) is 18.1 Å². The molecule has 0 unspecified atom stereocenters. The number of benzene rings is 1. The van der Waals surface area contributed by atoms with Crippen molar-refractivity contribution in [2.75, 3.05) is 6.54 Å². The first kappa shape index (κ1) is 15.6. The zero-order valence-electron chi connectivity index (χ0n) is 12.2. The number of amides is 1. The average molecular weight is 304 g/mol. The highest BCUT2D eigenvalue weighted by Crippen LogP contribution is 2.15. The van der Waals surface area contributed by atoms with Gasteiger partial charge in [0.05, 0.1) is 5.39 Å². The predicted molar refractivity (Wildman–Crippen MR) is 78.3 cm³/mol. The summed E-state index contributed by atoms with van der Waals surface area (Å²) < 4.78 is 1.00. The summed E-state index contributed by atoms with van der Waals surface area (Å²) in [5.41, 5.74) is 0.00646. The molecule has 1 aromatic carbocycles. The van der Waals surface area contributed by atoms with E-state index < -0.39 is 30.0 Å². The van der Waals surface area contributed by atoms with E-state index in [9.17, 15) is 14.4 Å². The summed E-state index contributed by atoms with van der Waals surface area (Å²) in [6, 6.07) is 5.77. The van der Waals surface area contributed by atoms with Crippen LogP contribution < -0.4 is 10.9 Å². The fraction of sp³-hybridized carbons (Fsp3) is 0.357. The first-order valence-electron chi connectivity index (χ1n) is 6.75. The molecule has 2 aromatic rings. The van der Waals surface area contributed by atoms with Gasteiger partial charge in [-0.3, -0.25) is 14.4 Å². The van der Waals surface area contributed by atoms with Gasteiger partial charge in [0.15, 0.2) is 0 Å². The number of rotatable bonds is 5. The molecule has 0 saturated heterocycles. The van der Waals surface area contributed by atoms with Gasteiger partial charge in [-0.1, -0.05) is 31.2 Å². The summed E-state index contributed by atoms with van der Waals surface area (Å²) in [5.74, 6) is -2.00. The van der Waals surface area contributed by atoms with Crippen LogP contribution in [-0.2, 0) is 9.59 Å². The Morgan fingerprint density at radius 3 is 2.64 bits per heavy atom. The van der Waals surface area contributed by atoms with Gasteiger partial charge in [0.25, 0.3) is 5.56 Å². The van der Waals surface area contributed by atoms with Crippen LogP contribution in [0.3, 0.4) is 0 Å². The Morgan fingerprint density at radius 1 is 1.32 bits per heavy atom. The highest BCUT2D eigenvalue weighted by molar-refractivity contribution is 5.84. The van der Waals surface area contributed by atoms with Crippen molar-refractivity contribution < 1.29 is 14.7 Å². The van der Waals surface area contributed by atoms with Crippen molar-refractivity contribution in [3.8, 4) is 0 Å². The van der Waals surface area contributed by atoms with Gasteiger partial charge in [0, 0.05) is 0 Å². The van der Waals surface area contributed by atoms with E-state index in [0.29, 0.717) is 10.9 Å². The third-order valence-corrected chi connectivity index (χ3v) is 3.17. The lowest BCUT2D eigenvalue weighted by atomic mass is 10.0. The quantitative estimate of drug-likeness (QED) is 0.815. The summed E-state index contributed by atoms with van der Waals surface area (Å²) in [4.78, 5) is 35.2. The fourth-order valence-electron chi connectivity index (χ4n) is 2.15. The third kappa shape index (κ3) is 3.11. The molecule has 22 heavy (non-hydrogen) atoms. The number of fused-ring (bicyclic) bond motifs is 1. The number of carbonyl (C=O) groups excluding carboxylic acids is 1. The summed E-state index contributed by atoms with van der Waals surface area (Å²) in [6.45, 7) is 2.97. The molecule has 0 aliphatic heterocycles. The van der Waals surface area contributed by atoms with Crippen LogP contribution in [0.2, 0.25) is 0 Å². The van der Waals surface area contributed by atoms with Crippen LogP contribution in [0, 0.1) is 5.92 Å². The monoisotopic (exact) mass is 304 g/mol. The molecule has 2 rings (SSSR count). The molecule has 2 N–H and O–H groups in total. The Hall–Kier alpha value is -2.77. The molecule has 8 heteroatoms. The number of aliphatic carboxylic acids is 1. The number of carboxylic acid groups (broad SMARTS) is 1. The Bertz CT molecular complexity index is 769. The van der Waals surface area contributed by atoms with E-state index in [4.69, 9.17) is 5.11 Å². The number of aromatic nitrogens is 3. The second-order valence-electron chi connectivity index (χ2n) is 5.16. The van der Waals surface area contributed by atoms with Crippen molar-refractivity contribution in [2.24, 2.45) is 5.92 Å². The van der Waals surface area contributed by atoms with Gasteiger partial charge < -0.3 is 10.4 Å². The summed E-state index contributed by atoms with van der Waals surface area (Å²) >= 11 is 0. The molecule has 1 heterocycles. The lowest BCUT2D eigenvalue weighted by molar-refractivity contribution is -0.138. The van der Waals surface area contributed by atoms with Crippen LogP contribution in [-0.4, -0.2) is 38.5 Å². The Kier molecular flexibility index (Phi) is 4.50. The zero-order chi connectivity index (χ0) is 16.3. The molecule has 1 atom stereocenters. The number of hydrogen-bond donors (Lipinski definition) is 2. The Balaban J connectivity index is 2.45. The maximum atomic E-state index is 12.5. The minimum Gasteiger partial charge on any atom is -0.480 e. The standard InChI is InChI=1S/C14H16N4O4/c1-8(2)12(13(21)15-7-11(19)20)18-14(22)9-5-3-4-6-10(9)16-17-18/h3-6,8,12H,7H2,1-2H3,(H,15,21)(H,19,20)/t12-/m0/s1. The largest absolute Gasteiger partial charge is 0.480 e. The molecule has 0 aliphatic carbocycles. The normalized spacial score (nSPS) is 12.3. The van der Waals surface area contributed by atoms with Crippen LogP contribution >= 0.6 is 0 Å². The summed E-state index contributed by atoms with van der Waals surface area (Å²) in [6.07, 6.45) is 0. The molecule has 1 amide bonds. The zero-order valence-corrected chi connectivity index (χ0v) is 12.2. The maximum absolute atomic E-state index is 12.5. The molecule has 0 saturated carbocycles. The third-order valence-electron chi connectivity index (χ3n) is 3.17. The Morgan fingerprint density at radius 2 is 2.00 bits per heavy atom. The predicted octanol–water partition coefficient (Wildman–Crippen LogP) is 0.189. The van der Waals surface area contributed by atoms with Crippen molar-refractivity contribution >= 4 is 22.8 Å². The number of nitrogens with zero attached hydrogens (tertiary/aromatic N) is 3. The number of nitrogens with one attached hydrogen (secondary N) is 1. The topological polar surface area (TPSA) is 114 Å². The van der Waals surface area contributed by atoms with Crippen LogP contribution in [0.4, 0.5) is 0 Å². The molecule has 1 aromatic heterocycles. The van der Waals surface area contributed by atoms with E-state index in [-0.39, 0.29) is 5.92 Å². The highest BCUT2D eigenvalue weighted by atomic mass is 16.4. The average Bonchev–Trinajstić information content (AvgIpc) is 2.47. The number of carboxylic acids is 1. The van der Waals surface area contributed by atoms with Gasteiger partial charge in [-0.05, 0) is 18.1 Å². The molecule has 116 valence electrons. The smallest absolute Gasteiger partial charge is 0.322 e. The van der Waals surface area contributed by atoms with Crippen molar-refractivity contribution in [2.45, 2.75) is 19.9 Å². The van der Waals surface area contributed by atoms with E-state index in [1.807, 2.05) is 0 Å². The Labute approximate surface area is 125 Å². The van der Waals surface area contributed by atoms with Crippen molar-refractivity contribution in [3.63, 3.8) is 0 Å². The first-order chi connectivity index (χ1) is 10.4. The molecule has 0 radical (unpaired) electrons. The van der Waals surface area contributed by atoms with Crippen LogP contribution in [0.15, 0.2) is 29.1 Å². The van der Waals surface area contributed by atoms with Crippen molar-refractivity contribution in [3.05, 3.63) is 34.6 Å². The molecule has 8 nitrogen and oxygen atoms in total. The SMILES string of the molecule is CC(C)[C@@H](C(=O)NCC(=O)O)n1nnc2ccccc2c1=O. The highest BCUT2D eigenvalue weighted by Gasteiger charge is 2.27. The van der Waals surface area contributed by atoms with Gasteiger partial charge in [-0.2, -0.15) is 4.68 Å². The molecule has 0 aliphatic rings. The van der Waals surface area contributed by atoms with Crippen molar-refractivity contribution in [1.82, 2.24) is 20.3 Å². The number of hydrogen-bond acceptors (Lipinski definition) is 5. The first-order valence-corrected chi connectivity index (χ1v) is 6.75. The maximum Gasteiger partial charge on any atom is 0.322 e. The molecule has 0 fully saturated rings.